The Morgan fingerprint density at radius 2 is 1.60 bits per heavy atom. The summed E-state index contributed by atoms with van der Waals surface area (Å²) in [5.74, 6) is 1.27. The van der Waals surface area contributed by atoms with Crippen LogP contribution in [0.15, 0.2) is 61.2 Å². The molecule has 0 saturated carbocycles. The van der Waals surface area contributed by atoms with Gasteiger partial charge < -0.3 is 24.8 Å². The number of carbonyl (C=O) groups is 1. The Morgan fingerprint density at radius 1 is 0.857 bits per heavy atom. The van der Waals surface area contributed by atoms with Gasteiger partial charge in [0.05, 0.1) is 32.7 Å². The first-order chi connectivity index (χ1) is 17.0. The lowest BCUT2D eigenvalue weighted by Gasteiger charge is -2.15. The van der Waals surface area contributed by atoms with E-state index in [0.29, 0.717) is 45.8 Å². The first-order valence-electron chi connectivity index (χ1n) is 10.6. The van der Waals surface area contributed by atoms with Gasteiger partial charge in [0.25, 0.3) is 5.91 Å². The normalized spacial score (nSPS) is 10.4. The summed E-state index contributed by atoms with van der Waals surface area (Å²) in [5.41, 5.74) is 3.99. The Labute approximate surface area is 202 Å². The molecule has 0 radical (unpaired) electrons. The first-order valence-corrected chi connectivity index (χ1v) is 10.6. The van der Waals surface area contributed by atoms with Crippen LogP contribution in [0.1, 0.15) is 15.9 Å². The number of rotatable bonds is 8. The Morgan fingerprint density at radius 3 is 2.26 bits per heavy atom. The van der Waals surface area contributed by atoms with Crippen LogP contribution in [0.4, 0.5) is 17.3 Å². The quantitative estimate of drug-likeness (QED) is 0.387. The molecule has 4 aromatic rings. The van der Waals surface area contributed by atoms with E-state index in [1.54, 1.807) is 36.7 Å². The smallest absolute Gasteiger partial charge is 0.255 e. The maximum absolute atomic E-state index is 13.0. The van der Waals surface area contributed by atoms with E-state index in [1.165, 1.54) is 27.7 Å². The van der Waals surface area contributed by atoms with Crippen molar-refractivity contribution in [1.82, 2.24) is 19.9 Å². The van der Waals surface area contributed by atoms with Gasteiger partial charge in [0, 0.05) is 29.3 Å². The standard InChI is InChI=1S/C25H24N6O4/c1-15-5-6-17(29-24(32)16-11-21(33-2)23(35-4)22(12-16)34-3)13-20(15)31-25-27-10-8-19(30-25)18-7-9-26-14-28-18/h5-14H,1-4H3,(H,29,32)(H,27,30,31). The molecule has 0 spiro atoms. The highest BCUT2D eigenvalue weighted by atomic mass is 16.5. The van der Waals surface area contributed by atoms with Crippen molar-refractivity contribution in [1.29, 1.82) is 0 Å². The van der Waals surface area contributed by atoms with Crippen molar-refractivity contribution < 1.29 is 19.0 Å². The van der Waals surface area contributed by atoms with Crippen LogP contribution in [0.3, 0.4) is 0 Å². The second kappa shape index (κ2) is 10.5. The van der Waals surface area contributed by atoms with Crippen LogP contribution in [0.2, 0.25) is 0 Å². The van der Waals surface area contributed by atoms with Crippen LogP contribution in [0.25, 0.3) is 11.4 Å². The van der Waals surface area contributed by atoms with Crippen LogP contribution < -0.4 is 24.8 Å². The summed E-state index contributed by atoms with van der Waals surface area (Å²) in [7, 11) is 4.51. The zero-order valence-corrected chi connectivity index (χ0v) is 19.7. The van der Waals surface area contributed by atoms with Crippen molar-refractivity contribution >= 4 is 23.2 Å². The molecule has 2 N–H and O–H groups in total. The molecule has 35 heavy (non-hydrogen) atoms. The van der Waals surface area contributed by atoms with E-state index >= 15 is 0 Å². The third kappa shape index (κ3) is 5.27. The lowest BCUT2D eigenvalue weighted by molar-refractivity contribution is 0.102. The van der Waals surface area contributed by atoms with E-state index in [0.717, 1.165) is 11.3 Å². The van der Waals surface area contributed by atoms with E-state index in [4.69, 9.17) is 14.2 Å². The summed E-state index contributed by atoms with van der Waals surface area (Å²) in [4.78, 5) is 30.0. The van der Waals surface area contributed by atoms with Gasteiger partial charge >= 0.3 is 0 Å². The molecule has 4 rings (SSSR count). The summed E-state index contributed by atoms with van der Waals surface area (Å²) >= 11 is 0. The Hall–Kier alpha value is -4.73. The van der Waals surface area contributed by atoms with Crippen molar-refractivity contribution in [3.05, 3.63) is 72.3 Å². The summed E-state index contributed by atoms with van der Waals surface area (Å²) in [5, 5.41) is 6.11. The summed E-state index contributed by atoms with van der Waals surface area (Å²) in [6.07, 6.45) is 4.77. The largest absolute Gasteiger partial charge is 0.493 e. The van der Waals surface area contributed by atoms with Gasteiger partial charge in [-0.15, -0.1) is 0 Å². The van der Waals surface area contributed by atoms with Crippen molar-refractivity contribution in [3.63, 3.8) is 0 Å². The van der Waals surface area contributed by atoms with Crippen molar-refractivity contribution in [2.24, 2.45) is 0 Å². The van der Waals surface area contributed by atoms with E-state index in [9.17, 15) is 4.79 Å². The van der Waals surface area contributed by atoms with Crippen molar-refractivity contribution in [2.45, 2.75) is 6.92 Å². The number of benzene rings is 2. The fraction of sp³-hybridized carbons (Fsp3) is 0.160. The van der Waals surface area contributed by atoms with Crippen LogP contribution in [0, 0.1) is 6.92 Å². The number of amides is 1. The van der Waals surface area contributed by atoms with Gasteiger partial charge in [0.15, 0.2) is 11.5 Å². The highest BCUT2D eigenvalue weighted by Gasteiger charge is 2.17. The predicted octanol–water partition coefficient (Wildman–Crippen LogP) is 4.26. The lowest BCUT2D eigenvalue weighted by atomic mass is 10.1. The maximum atomic E-state index is 13.0. The molecule has 0 aliphatic rings. The molecule has 2 heterocycles. The topological polar surface area (TPSA) is 120 Å². The molecule has 0 saturated heterocycles. The molecule has 2 aromatic carbocycles. The van der Waals surface area contributed by atoms with Gasteiger partial charge in [-0.1, -0.05) is 6.07 Å². The minimum absolute atomic E-state index is 0.332. The maximum Gasteiger partial charge on any atom is 0.255 e. The Balaban J connectivity index is 1.56. The number of methoxy groups -OCH3 is 3. The number of anilines is 3. The number of hydrogen-bond donors (Lipinski definition) is 2. The summed E-state index contributed by atoms with van der Waals surface area (Å²) in [6.45, 7) is 1.95. The fourth-order valence-electron chi connectivity index (χ4n) is 3.37. The second-order valence-electron chi connectivity index (χ2n) is 7.38. The van der Waals surface area contributed by atoms with Gasteiger partial charge in [-0.25, -0.2) is 19.9 Å². The van der Waals surface area contributed by atoms with Crippen LogP contribution in [-0.2, 0) is 0 Å². The molecule has 0 fully saturated rings. The number of nitrogens with one attached hydrogen (secondary N) is 2. The predicted molar refractivity (Wildman–Crippen MR) is 132 cm³/mol. The van der Waals surface area contributed by atoms with Gasteiger partial charge in [-0.3, -0.25) is 4.79 Å². The second-order valence-corrected chi connectivity index (χ2v) is 7.38. The summed E-state index contributed by atoms with van der Waals surface area (Å²) < 4.78 is 16.0. The highest BCUT2D eigenvalue weighted by Crippen LogP contribution is 2.38. The minimum atomic E-state index is -0.332. The number of nitrogens with zero attached hydrogens (tertiary/aromatic N) is 4. The molecule has 0 atom stereocenters. The third-order valence-electron chi connectivity index (χ3n) is 5.17. The molecule has 10 nitrogen and oxygen atoms in total. The summed E-state index contributed by atoms with van der Waals surface area (Å²) in [6, 6.07) is 12.3. The van der Waals surface area contributed by atoms with E-state index in [2.05, 4.69) is 30.6 Å². The first kappa shape index (κ1) is 23.4. The molecule has 10 heteroatoms. The lowest BCUT2D eigenvalue weighted by Crippen LogP contribution is -2.13. The zero-order chi connectivity index (χ0) is 24.8. The Bertz CT molecular complexity index is 1320. The number of carbonyl (C=O) groups excluding carboxylic acids is 1. The van der Waals surface area contributed by atoms with Crippen LogP contribution >= 0.6 is 0 Å². The zero-order valence-electron chi connectivity index (χ0n) is 19.7. The van der Waals surface area contributed by atoms with Gasteiger partial charge in [0.1, 0.15) is 6.33 Å². The molecule has 0 aliphatic carbocycles. The molecule has 0 bridgehead atoms. The van der Waals surface area contributed by atoms with Gasteiger partial charge in [-0.05, 0) is 48.9 Å². The molecular formula is C25H24N6O4. The van der Waals surface area contributed by atoms with Crippen molar-refractivity contribution in [2.75, 3.05) is 32.0 Å². The van der Waals surface area contributed by atoms with Crippen molar-refractivity contribution in [3.8, 4) is 28.6 Å². The van der Waals surface area contributed by atoms with E-state index in [1.807, 2.05) is 25.1 Å². The van der Waals surface area contributed by atoms with Crippen LogP contribution in [0.5, 0.6) is 17.2 Å². The van der Waals surface area contributed by atoms with Crippen LogP contribution in [-0.4, -0.2) is 47.2 Å². The van der Waals surface area contributed by atoms with Gasteiger partial charge in [0.2, 0.25) is 11.7 Å². The average molecular weight is 473 g/mol. The molecule has 1 amide bonds. The van der Waals surface area contributed by atoms with E-state index in [-0.39, 0.29) is 5.91 Å². The molecular weight excluding hydrogens is 448 g/mol. The monoisotopic (exact) mass is 472 g/mol. The Kier molecular flexibility index (Phi) is 7.01. The SMILES string of the molecule is COc1cc(C(=O)Nc2ccc(C)c(Nc3nccc(-c4ccncn4)n3)c2)cc(OC)c1OC. The van der Waals surface area contributed by atoms with Gasteiger partial charge in [-0.2, -0.15) is 0 Å². The highest BCUT2D eigenvalue weighted by molar-refractivity contribution is 6.05. The average Bonchev–Trinajstić information content (AvgIpc) is 2.90. The molecule has 2 aromatic heterocycles. The number of aryl methyl sites for hydroxylation is 1. The molecule has 178 valence electrons. The molecule has 0 unspecified atom stereocenters. The fourth-order valence-corrected chi connectivity index (χ4v) is 3.37. The number of hydrogen-bond acceptors (Lipinski definition) is 9. The number of aromatic nitrogens is 4. The van der Waals surface area contributed by atoms with E-state index < -0.39 is 0 Å². The minimum Gasteiger partial charge on any atom is -0.493 e. The molecule has 0 aliphatic heterocycles. The number of ether oxygens (including phenoxy) is 3. The third-order valence-corrected chi connectivity index (χ3v) is 5.17.